The zero-order valence-corrected chi connectivity index (χ0v) is 11.5. The van der Waals surface area contributed by atoms with Crippen molar-refractivity contribution in [3.05, 3.63) is 29.8 Å². The highest BCUT2D eigenvalue weighted by molar-refractivity contribution is 8.12. The van der Waals surface area contributed by atoms with Crippen molar-refractivity contribution in [2.45, 2.75) is 19.8 Å². The number of nitrogens with one attached hydrogen (secondary N) is 2. The first-order valence-electron chi connectivity index (χ1n) is 5.88. The molecule has 0 spiro atoms. The molecule has 7 heteroatoms. The molecular formula is C12H17N3O3S. The Kier molecular flexibility index (Phi) is 6.76. The number of hydrogen-bond acceptors (Lipinski definition) is 5. The van der Waals surface area contributed by atoms with Crippen LogP contribution in [0.15, 0.2) is 24.3 Å². The van der Waals surface area contributed by atoms with Gasteiger partial charge in [0.25, 0.3) is 0 Å². The minimum absolute atomic E-state index is 0.228. The van der Waals surface area contributed by atoms with Crippen LogP contribution in [0.25, 0.3) is 0 Å². The van der Waals surface area contributed by atoms with E-state index in [1.807, 2.05) is 0 Å². The number of carbonyl (C=O) groups is 2. The molecule has 0 heterocycles. The predicted octanol–water partition coefficient (Wildman–Crippen LogP) is 1.83. The Balaban J connectivity index is 2.41. The van der Waals surface area contributed by atoms with Crippen LogP contribution in [0.4, 0.5) is 4.79 Å². The summed E-state index contributed by atoms with van der Waals surface area (Å²) in [5.41, 5.74) is 7.45. The number of urea groups is 1. The van der Waals surface area contributed by atoms with Crippen molar-refractivity contribution in [2.75, 3.05) is 6.61 Å². The summed E-state index contributed by atoms with van der Waals surface area (Å²) >= 11 is 0.744. The second-order valence-electron chi connectivity index (χ2n) is 3.71. The van der Waals surface area contributed by atoms with Gasteiger partial charge in [-0.05, 0) is 30.7 Å². The highest BCUT2D eigenvalue weighted by Crippen LogP contribution is 2.15. The second kappa shape index (κ2) is 8.39. The normalized spacial score (nSPS) is 9.95. The first-order chi connectivity index (χ1) is 9.13. The minimum Gasteiger partial charge on any atom is -0.494 e. The maximum atomic E-state index is 11.7. The molecule has 0 bridgehead atoms. The number of nitrogens with two attached hydrogens (primary N) is 1. The fraction of sp³-hybridized carbons (Fsp3) is 0.333. The van der Waals surface area contributed by atoms with Crippen molar-refractivity contribution in [2.24, 2.45) is 5.73 Å². The van der Waals surface area contributed by atoms with Gasteiger partial charge in [0.05, 0.1) is 6.61 Å². The number of hydrazine groups is 1. The van der Waals surface area contributed by atoms with Crippen molar-refractivity contribution in [3.8, 4) is 5.75 Å². The molecule has 1 aromatic carbocycles. The van der Waals surface area contributed by atoms with Crippen LogP contribution < -0.4 is 20.7 Å². The molecule has 4 N–H and O–H groups in total. The van der Waals surface area contributed by atoms with Gasteiger partial charge in [0.1, 0.15) is 5.75 Å². The molecule has 2 amide bonds. The van der Waals surface area contributed by atoms with Gasteiger partial charge in [-0.15, -0.1) is 0 Å². The summed E-state index contributed by atoms with van der Waals surface area (Å²) < 4.78 is 5.49. The third-order valence-electron chi connectivity index (χ3n) is 2.17. The summed E-state index contributed by atoms with van der Waals surface area (Å²) in [6.45, 7) is 2.76. The monoisotopic (exact) mass is 283 g/mol. The summed E-state index contributed by atoms with van der Waals surface area (Å²) in [7, 11) is 0. The van der Waals surface area contributed by atoms with Crippen LogP contribution in [0.3, 0.4) is 0 Å². The highest BCUT2D eigenvalue weighted by atomic mass is 32.2. The maximum absolute atomic E-state index is 11.7. The van der Waals surface area contributed by atoms with Crippen molar-refractivity contribution in [3.63, 3.8) is 0 Å². The van der Waals surface area contributed by atoms with Gasteiger partial charge in [0, 0.05) is 17.5 Å². The average Bonchev–Trinajstić information content (AvgIpc) is 2.39. The quantitative estimate of drug-likeness (QED) is 0.403. The van der Waals surface area contributed by atoms with E-state index in [2.05, 4.69) is 17.2 Å². The van der Waals surface area contributed by atoms with Crippen LogP contribution in [0.1, 0.15) is 30.1 Å². The standard InChI is InChI=1S/C12H17N3O3S/c1-2-3-8-18-10-6-4-9(5-7-10)11(16)19-15-14-12(13)17/h4-7,15H,2-3,8H2,1H3,(H3,13,14,17). The van der Waals surface area contributed by atoms with Crippen LogP contribution >= 0.6 is 11.9 Å². The third-order valence-corrected chi connectivity index (χ3v) is 2.80. The lowest BCUT2D eigenvalue weighted by Crippen LogP contribution is -2.37. The van der Waals surface area contributed by atoms with E-state index in [0.717, 1.165) is 30.5 Å². The Labute approximate surface area is 116 Å². The van der Waals surface area contributed by atoms with E-state index in [9.17, 15) is 9.59 Å². The predicted molar refractivity (Wildman–Crippen MR) is 74.6 cm³/mol. The van der Waals surface area contributed by atoms with Crippen molar-refractivity contribution in [1.29, 1.82) is 0 Å². The summed E-state index contributed by atoms with van der Waals surface area (Å²) in [5, 5.41) is -0.228. The molecule has 0 fully saturated rings. The van der Waals surface area contributed by atoms with Crippen molar-refractivity contribution in [1.82, 2.24) is 10.3 Å². The SMILES string of the molecule is CCCCOc1ccc(C(=O)SNNC(N)=O)cc1. The van der Waals surface area contributed by atoms with E-state index in [4.69, 9.17) is 10.5 Å². The number of amides is 2. The summed E-state index contributed by atoms with van der Waals surface area (Å²) in [5.74, 6) is 0.734. The lowest BCUT2D eigenvalue weighted by Gasteiger charge is -2.06. The summed E-state index contributed by atoms with van der Waals surface area (Å²) in [4.78, 5) is 24.4. The van der Waals surface area contributed by atoms with Crippen LogP contribution in [0.2, 0.25) is 0 Å². The second-order valence-corrected chi connectivity index (χ2v) is 4.49. The molecule has 0 atom stereocenters. The molecule has 0 aliphatic carbocycles. The lowest BCUT2D eigenvalue weighted by molar-refractivity contribution is 0.108. The molecule has 0 aliphatic rings. The van der Waals surface area contributed by atoms with Crippen LogP contribution in [-0.2, 0) is 0 Å². The van der Waals surface area contributed by atoms with Crippen LogP contribution in [0.5, 0.6) is 5.75 Å². The van der Waals surface area contributed by atoms with Crippen LogP contribution in [-0.4, -0.2) is 17.8 Å². The van der Waals surface area contributed by atoms with Crippen molar-refractivity contribution < 1.29 is 14.3 Å². The number of benzene rings is 1. The number of ether oxygens (including phenoxy) is 1. The van der Waals surface area contributed by atoms with Gasteiger partial charge in [0.15, 0.2) is 0 Å². The van der Waals surface area contributed by atoms with Gasteiger partial charge >= 0.3 is 6.03 Å². The Morgan fingerprint density at radius 3 is 2.58 bits per heavy atom. The molecule has 0 unspecified atom stereocenters. The molecule has 0 saturated heterocycles. The molecule has 6 nitrogen and oxygen atoms in total. The molecule has 1 aromatic rings. The summed E-state index contributed by atoms with van der Waals surface area (Å²) in [6.07, 6.45) is 2.07. The average molecular weight is 283 g/mol. The first kappa shape index (κ1) is 15.3. The zero-order chi connectivity index (χ0) is 14.1. The molecule has 19 heavy (non-hydrogen) atoms. The van der Waals surface area contributed by atoms with E-state index < -0.39 is 6.03 Å². The Bertz CT molecular complexity index is 423. The number of unbranched alkanes of at least 4 members (excludes halogenated alkanes) is 1. The molecule has 0 aliphatic heterocycles. The van der Waals surface area contributed by atoms with Gasteiger partial charge in [0.2, 0.25) is 5.12 Å². The largest absolute Gasteiger partial charge is 0.494 e. The van der Waals surface area contributed by atoms with E-state index in [1.165, 1.54) is 0 Å². The number of hydrogen-bond donors (Lipinski definition) is 3. The lowest BCUT2D eigenvalue weighted by atomic mass is 10.2. The minimum atomic E-state index is -0.750. The topological polar surface area (TPSA) is 93.4 Å². The highest BCUT2D eigenvalue weighted by Gasteiger charge is 2.07. The smallest absolute Gasteiger partial charge is 0.327 e. The van der Waals surface area contributed by atoms with Crippen molar-refractivity contribution >= 4 is 23.1 Å². The van der Waals surface area contributed by atoms with Gasteiger partial charge < -0.3 is 10.5 Å². The fourth-order valence-corrected chi connectivity index (χ4v) is 1.70. The van der Waals surface area contributed by atoms with Crippen LogP contribution in [0, 0.1) is 0 Å². The zero-order valence-electron chi connectivity index (χ0n) is 10.6. The Hall–Kier alpha value is -1.73. The first-order valence-corrected chi connectivity index (χ1v) is 6.69. The molecule has 0 radical (unpaired) electrons. The number of carbonyl (C=O) groups excluding carboxylic acids is 2. The number of primary amides is 1. The third kappa shape index (κ3) is 6.12. The van der Waals surface area contributed by atoms with Gasteiger partial charge in [-0.25, -0.2) is 4.79 Å². The molecule has 0 saturated carbocycles. The van der Waals surface area contributed by atoms with Gasteiger partial charge in [-0.3, -0.25) is 10.2 Å². The molecule has 104 valence electrons. The van der Waals surface area contributed by atoms with E-state index in [-0.39, 0.29) is 5.12 Å². The fourth-order valence-electron chi connectivity index (χ4n) is 1.20. The number of rotatable bonds is 7. The summed E-state index contributed by atoms with van der Waals surface area (Å²) in [6, 6.07) is 6.07. The molecular weight excluding hydrogens is 266 g/mol. The van der Waals surface area contributed by atoms with E-state index >= 15 is 0 Å². The maximum Gasteiger partial charge on any atom is 0.327 e. The van der Waals surface area contributed by atoms with Gasteiger partial charge in [-0.2, -0.15) is 4.83 Å². The molecule has 1 rings (SSSR count). The Morgan fingerprint density at radius 2 is 2.00 bits per heavy atom. The van der Waals surface area contributed by atoms with E-state index in [1.54, 1.807) is 24.3 Å². The Morgan fingerprint density at radius 1 is 1.32 bits per heavy atom. The molecule has 0 aromatic heterocycles. The van der Waals surface area contributed by atoms with Gasteiger partial charge in [-0.1, -0.05) is 13.3 Å². The van der Waals surface area contributed by atoms with E-state index in [0.29, 0.717) is 12.2 Å².